The third kappa shape index (κ3) is 2.67. The van der Waals surface area contributed by atoms with Crippen molar-refractivity contribution >= 4 is 11.0 Å². The maximum atomic E-state index is 12.8. The molecule has 2 aromatic rings. The van der Waals surface area contributed by atoms with E-state index in [0.717, 1.165) is 19.0 Å². The predicted molar refractivity (Wildman–Crippen MR) is 63.5 cm³/mol. The lowest BCUT2D eigenvalue weighted by atomic mass is 10.1. The first kappa shape index (κ1) is 13.0. The Kier molecular flexibility index (Phi) is 3.61. The smallest absolute Gasteiger partial charge is 0.417 e. The van der Waals surface area contributed by atoms with Crippen LogP contribution >= 0.6 is 0 Å². The minimum absolute atomic E-state index is 0.143. The molecule has 0 aliphatic rings. The van der Waals surface area contributed by atoms with Crippen molar-refractivity contribution < 1.29 is 17.6 Å². The van der Waals surface area contributed by atoms with Gasteiger partial charge in [-0.05, 0) is 38.2 Å². The van der Waals surface area contributed by atoms with Crippen molar-refractivity contribution in [2.45, 2.75) is 19.0 Å². The lowest BCUT2D eigenvalue weighted by Crippen LogP contribution is -2.08. The quantitative estimate of drug-likeness (QED) is 0.846. The number of fused-ring (bicyclic) bond motifs is 1. The molecular formula is C13H14F3NO. The van der Waals surface area contributed by atoms with Gasteiger partial charge in [0, 0.05) is 11.8 Å². The van der Waals surface area contributed by atoms with Crippen LogP contribution < -0.4 is 5.32 Å². The molecule has 98 valence electrons. The van der Waals surface area contributed by atoms with Crippen LogP contribution in [0.15, 0.2) is 28.7 Å². The third-order valence-corrected chi connectivity index (χ3v) is 2.77. The van der Waals surface area contributed by atoms with Crippen molar-refractivity contribution in [2.24, 2.45) is 0 Å². The van der Waals surface area contributed by atoms with Gasteiger partial charge in [-0.15, -0.1) is 0 Å². The molecule has 0 radical (unpaired) electrons. The third-order valence-electron chi connectivity index (χ3n) is 2.77. The topological polar surface area (TPSA) is 25.2 Å². The molecule has 5 heteroatoms. The van der Waals surface area contributed by atoms with Gasteiger partial charge >= 0.3 is 6.18 Å². The molecule has 0 aliphatic heterocycles. The zero-order chi connectivity index (χ0) is 13.2. The van der Waals surface area contributed by atoms with E-state index >= 15 is 0 Å². The van der Waals surface area contributed by atoms with Gasteiger partial charge in [-0.2, -0.15) is 13.2 Å². The molecule has 0 bridgehead atoms. The average molecular weight is 257 g/mol. The highest BCUT2D eigenvalue weighted by Gasteiger charge is 2.33. The van der Waals surface area contributed by atoms with Gasteiger partial charge in [0.15, 0.2) is 0 Å². The van der Waals surface area contributed by atoms with Crippen molar-refractivity contribution in [1.82, 2.24) is 5.32 Å². The van der Waals surface area contributed by atoms with E-state index in [2.05, 4.69) is 5.32 Å². The molecule has 18 heavy (non-hydrogen) atoms. The van der Waals surface area contributed by atoms with E-state index in [4.69, 9.17) is 4.42 Å². The highest BCUT2D eigenvalue weighted by atomic mass is 19.4. The van der Waals surface area contributed by atoms with Crippen LogP contribution in [0.4, 0.5) is 13.2 Å². The molecule has 0 amide bonds. The van der Waals surface area contributed by atoms with Crippen LogP contribution in [0.3, 0.4) is 0 Å². The zero-order valence-corrected chi connectivity index (χ0v) is 9.97. The van der Waals surface area contributed by atoms with Gasteiger partial charge in [0.25, 0.3) is 0 Å². The maximum Gasteiger partial charge on any atom is 0.417 e. The second-order valence-corrected chi connectivity index (χ2v) is 4.13. The minimum atomic E-state index is -4.34. The van der Waals surface area contributed by atoms with E-state index in [1.807, 2.05) is 7.05 Å². The zero-order valence-electron chi connectivity index (χ0n) is 9.97. The largest absolute Gasteiger partial charge is 0.461 e. The van der Waals surface area contributed by atoms with E-state index < -0.39 is 11.7 Å². The van der Waals surface area contributed by atoms with Gasteiger partial charge in [-0.25, -0.2) is 0 Å². The number of hydrogen-bond donors (Lipinski definition) is 1. The number of rotatable bonds is 4. The fourth-order valence-electron chi connectivity index (χ4n) is 1.92. The average Bonchev–Trinajstić information content (AvgIpc) is 2.70. The molecule has 0 spiro atoms. The number of nitrogens with one attached hydrogen (secondary N) is 1. The SMILES string of the molecule is CNCCCc1cc2c(C(F)(F)F)cccc2o1. The second kappa shape index (κ2) is 5.02. The number of benzene rings is 1. The normalized spacial score (nSPS) is 12.2. The Bertz CT molecular complexity index is 531. The monoisotopic (exact) mass is 257 g/mol. The molecule has 2 rings (SSSR count). The summed E-state index contributed by atoms with van der Waals surface area (Å²) in [4.78, 5) is 0. The standard InChI is InChI=1S/C13H14F3NO/c1-17-7-3-4-9-8-10-11(13(14,15)16)5-2-6-12(10)18-9/h2,5-6,8,17H,3-4,7H2,1H3. The van der Waals surface area contributed by atoms with Crippen LogP contribution in [0.5, 0.6) is 0 Å². The van der Waals surface area contributed by atoms with Crippen LogP contribution in [0, 0.1) is 0 Å². The molecule has 1 aromatic carbocycles. The van der Waals surface area contributed by atoms with E-state index in [1.165, 1.54) is 12.1 Å². The number of alkyl halides is 3. The van der Waals surface area contributed by atoms with Crippen molar-refractivity contribution in [3.8, 4) is 0 Å². The van der Waals surface area contributed by atoms with Gasteiger partial charge in [-0.3, -0.25) is 0 Å². The van der Waals surface area contributed by atoms with Crippen molar-refractivity contribution in [2.75, 3.05) is 13.6 Å². The molecule has 1 aromatic heterocycles. The Balaban J connectivity index is 2.33. The Labute approximate surface area is 103 Å². The molecule has 0 fully saturated rings. The highest BCUT2D eigenvalue weighted by molar-refractivity contribution is 5.82. The Morgan fingerprint density at radius 1 is 1.28 bits per heavy atom. The predicted octanol–water partition coefficient (Wildman–Crippen LogP) is 3.60. The minimum Gasteiger partial charge on any atom is -0.461 e. The Morgan fingerprint density at radius 2 is 2.06 bits per heavy atom. The molecule has 0 atom stereocenters. The van der Waals surface area contributed by atoms with E-state index in [1.54, 1.807) is 6.07 Å². The van der Waals surface area contributed by atoms with Crippen molar-refractivity contribution in [1.29, 1.82) is 0 Å². The molecule has 2 nitrogen and oxygen atoms in total. The fourth-order valence-corrected chi connectivity index (χ4v) is 1.92. The number of aryl methyl sites for hydroxylation is 1. The molecule has 1 N–H and O–H groups in total. The van der Waals surface area contributed by atoms with Crippen molar-refractivity contribution in [3.05, 3.63) is 35.6 Å². The van der Waals surface area contributed by atoms with Crippen molar-refractivity contribution in [3.63, 3.8) is 0 Å². The summed E-state index contributed by atoms with van der Waals surface area (Å²) in [5, 5.41) is 3.13. The van der Waals surface area contributed by atoms with E-state index in [-0.39, 0.29) is 5.39 Å². The molecule has 0 saturated carbocycles. The lowest BCUT2D eigenvalue weighted by molar-refractivity contribution is -0.136. The summed E-state index contributed by atoms with van der Waals surface area (Å²) < 4.78 is 43.8. The highest BCUT2D eigenvalue weighted by Crippen LogP contribution is 2.36. The summed E-state index contributed by atoms with van der Waals surface area (Å²) in [6, 6.07) is 5.50. The van der Waals surface area contributed by atoms with E-state index in [9.17, 15) is 13.2 Å². The summed E-state index contributed by atoms with van der Waals surface area (Å²) in [7, 11) is 1.83. The lowest BCUT2D eigenvalue weighted by Gasteiger charge is -2.06. The van der Waals surface area contributed by atoms with Gasteiger partial charge in [0.2, 0.25) is 0 Å². The summed E-state index contributed by atoms with van der Waals surface area (Å²) in [6.07, 6.45) is -2.88. The Hall–Kier alpha value is -1.49. The van der Waals surface area contributed by atoms with E-state index in [0.29, 0.717) is 17.8 Å². The molecule has 0 unspecified atom stereocenters. The number of furan rings is 1. The summed E-state index contributed by atoms with van der Waals surface area (Å²) in [5.74, 6) is 0.594. The number of hydrogen-bond acceptors (Lipinski definition) is 2. The summed E-state index contributed by atoms with van der Waals surface area (Å²) in [6.45, 7) is 0.809. The summed E-state index contributed by atoms with van der Waals surface area (Å²) in [5.41, 5.74) is -0.340. The molecule has 0 saturated heterocycles. The van der Waals surface area contributed by atoms with Gasteiger partial charge in [0.05, 0.1) is 5.56 Å². The van der Waals surface area contributed by atoms with Crippen LogP contribution in [0.25, 0.3) is 11.0 Å². The first-order valence-corrected chi connectivity index (χ1v) is 5.75. The number of halogens is 3. The molecule has 0 aliphatic carbocycles. The first-order valence-electron chi connectivity index (χ1n) is 5.75. The van der Waals surface area contributed by atoms with Gasteiger partial charge < -0.3 is 9.73 Å². The maximum absolute atomic E-state index is 12.8. The second-order valence-electron chi connectivity index (χ2n) is 4.13. The van der Waals surface area contributed by atoms with Gasteiger partial charge in [0.1, 0.15) is 11.3 Å². The summed E-state index contributed by atoms with van der Waals surface area (Å²) >= 11 is 0. The Morgan fingerprint density at radius 3 is 2.72 bits per heavy atom. The van der Waals surface area contributed by atoms with Crippen LogP contribution in [-0.2, 0) is 12.6 Å². The van der Waals surface area contributed by atoms with Crippen LogP contribution in [0.1, 0.15) is 17.7 Å². The molecular weight excluding hydrogens is 243 g/mol. The first-order chi connectivity index (χ1) is 8.52. The van der Waals surface area contributed by atoms with Gasteiger partial charge in [-0.1, -0.05) is 6.07 Å². The molecule has 1 heterocycles. The van der Waals surface area contributed by atoms with Crippen LogP contribution in [0.2, 0.25) is 0 Å². The van der Waals surface area contributed by atoms with Crippen LogP contribution in [-0.4, -0.2) is 13.6 Å². The fraction of sp³-hybridized carbons (Fsp3) is 0.385.